The van der Waals surface area contributed by atoms with Crippen LogP contribution in [0.15, 0.2) is 0 Å². The molecular weight excluding hydrogens is 187 g/mol. The fraction of sp³-hybridized carbons (Fsp3) is 0.800. The molecule has 0 heterocycles. The van der Waals surface area contributed by atoms with Gasteiger partial charge in [-0.15, -0.1) is 0 Å². The predicted octanol–water partition coefficient (Wildman–Crippen LogP) is 1.81. The van der Waals surface area contributed by atoms with Crippen LogP contribution in [0.1, 0.15) is 0 Å². The van der Waals surface area contributed by atoms with Gasteiger partial charge >= 0.3 is 0 Å². The Morgan fingerprint density at radius 3 is 1.88 bits per heavy atom. The van der Waals surface area contributed by atoms with Gasteiger partial charge in [-0.2, -0.15) is 0 Å². The van der Waals surface area contributed by atoms with Gasteiger partial charge in [-0.25, -0.2) is 0 Å². The van der Waals surface area contributed by atoms with Gasteiger partial charge in [0.1, 0.15) is 6.16 Å². The number of hydrogen-bond acceptors (Lipinski definition) is 1. The summed E-state index contributed by atoms with van der Waals surface area (Å²) in [5, 5.41) is 0. The average Bonchev–Trinajstić information content (AvgIpc) is 1.21. The van der Waals surface area contributed by atoms with Crippen molar-refractivity contribution in [2.45, 2.75) is 0 Å². The minimum Gasteiger partial charge on any atom is -0.283 e. The smallest absolute Gasteiger partial charge is 0.234 e. The Labute approximate surface area is 59.3 Å². The van der Waals surface area contributed by atoms with Gasteiger partial charge in [0.2, 0.25) is 4.69 Å². The first kappa shape index (κ1) is 8.58. The lowest BCUT2D eigenvalue weighted by Gasteiger charge is -2.06. The van der Waals surface area contributed by atoms with Crippen LogP contribution in [-0.4, -0.2) is 30.8 Å². The highest BCUT2D eigenvalue weighted by Crippen LogP contribution is 2.46. The summed E-state index contributed by atoms with van der Waals surface area (Å²) < 4.78 is 0.137. The zero-order valence-corrected chi connectivity index (χ0v) is 7.92. The highest BCUT2D eigenvalue weighted by molar-refractivity contribution is 9.18. The molecule has 0 saturated carbocycles. The van der Waals surface area contributed by atoms with Crippen molar-refractivity contribution in [3.63, 3.8) is 0 Å². The van der Waals surface area contributed by atoms with Crippen molar-refractivity contribution in [1.82, 2.24) is 0 Å². The summed E-state index contributed by atoms with van der Waals surface area (Å²) in [5.41, 5.74) is 0. The second-order valence-corrected chi connectivity index (χ2v) is 8.58. The van der Waals surface area contributed by atoms with Crippen molar-refractivity contribution in [3.8, 4) is 0 Å². The summed E-state index contributed by atoms with van der Waals surface area (Å²) in [4.78, 5) is 10.4. The summed E-state index contributed by atoms with van der Waals surface area (Å²) in [6.07, 6.45) is 0.715. The molecule has 0 rings (SSSR count). The lowest BCUT2D eigenvalue weighted by atomic mass is 10.9. The monoisotopic (exact) mass is 197 g/mol. The standard InChI is InChI=1S/C5H11BrOP/c1-8(2,3)4-5(6)7/h4H2,1-3H3/q+1. The fourth-order valence-corrected chi connectivity index (χ4v) is 3.38. The largest absolute Gasteiger partial charge is 0.283 e. The van der Waals surface area contributed by atoms with Gasteiger partial charge in [0.25, 0.3) is 0 Å². The van der Waals surface area contributed by atoms with Gasteiger partial charge in [0.05, 0.1) is 0 Å². The van der Waals surface area contributed by atoms with E-state index in [2.05, 4.69) is 35.9 Å². The number of carbonyl (C=O) groups excluding carboxylic acids is 1. The lowest BCUT2D eigenvalue weighted by Crippen LogP contribution is -1.98. The molecule has 0 aromatic rings. The molecular formula is C5H11BrOP+. The Bertz CT molecular complexity index is 95.1. The van der Waals surface area contributed by atoms with E-state index in [0.717, 1.165) is 0 Å². The van der Waals surface area contributed by atoms with Crippen LogP contribution >= 0.6 is 23.2 Å². The molecule has 0 bridgehead atoms. The van der Waals surface area contributed by atoms with Crippen LogP contribution in [0.25, 0.3) is 0 Å². The quantitative estimate of drug-likeness (QED) is 0.488. The molecule has 48 valence electrons. The Morgan fingerprint density at radius 2 is 1.88 bits per heavy atom. The molecule has 1 nitrogen and oxygen atoms in total. The number of hydrogen-bond donors (Lipinski definition) is 0. The van der Waals surface area contributed by atoms with Gasteiger partial charge in [-0.05, 0) is 15.9 Å². The molecule has 0 unspecified atom stereocenters. The lowest BCUT2D eigenvalue weighted by molar-refractivity contribution is -0.108. The Kier molecular flexibility index (Phi) is 3.14. The van der Waals surface area contributed by atoms with E-state index >= 15 is 0 Å². The van der Waals surface area contributed by atoms with Gasteiger partial charge in [-0.1, -0.05) is 0 Å². The average molecular weight is 198 g/mol. The van der Waals surface area contributed by atoms with E-state index in [1.807, 2.05) is 0 Å². The highest BCUT2D eigenvalue weighted by atomic mass is 79.9. The summed E-state index contributed by atoms with van der Waals surface area (Å²) in [6, 6.07) is 0. The van der Waals surface area contributed by atoms with E-state index in [-0.39, 0.29) is 4.69 Å². The van der Waals surface area contributed by atoms with Crippen LogP contribution in [0, 0.1) is 0 Å². The number of rotatable bonds is 2. The summed E-state index contributed by atoms with van der Waals surface area (Å²) in [6.45, 7) is 6.44. The molecule has 0 N–H and O–H groups in total. The maximum absolute atomic E-state index is 10.4. The van der Waals surface area contributed by atoms with Gasteiger partial charge in [-0.3, -0.25) is 4.79 Å². The molecule has 0 aliphatic heterocycles. The topological polar surface area (TPSA) is 17.1 Å². The van der Waals surface area contributed by atoms with Crippen molar-refractivity contribution < 1.29 is 4.79 Å². The first-order valence-corrected chi connectivity index (χ1v) is 6.51. The summed E-state index contributed by atoms with van der Waals surface area (Å²) >= 11 is 2.90. The zero-order valence-electron chi connectivity index (χ0n) is 5.44. The molecule has 0 aliphatic carbocycles. The highest BCUT2D eigenvalue weighted by Gasteiger charge is 2.19. The van der Waals surface area contributed by atoms with Crippen LogP contribution in [0.5, 0.6) is 0 Å². The molecule has 8 heavy (non-hydrogen) atoms. The maximum atomic E-state index is 10.4. The van der Waals surface area contributed by atoms with Crippen LogP contribution in [0.3, 0.4) is 0 Å². The van der Waals surface area contributed by atoms with E-state index in [4.69, 9.17) is 0 Å². The third-order valence-electron chi connectivity index (χ3n) is 0.599. The van der Waals surface area contributed by atoms with Crippen molar-refractivity contribution in [3.05, 3.63) is 0 Å². The second kappa shape index (κ2) is 2.93. The zero-order chi connectivity index (χ0) is 6.78. The third kappa shape index (κ3) is 6.58. The van der Waals surface area contributed by atoms with Crippen LogP contribution in [0.4, 0.5) is 0 Å². The molecule has 0 spiro atoms. The molecule has 0 saturated heterocycles. The Morgan fingerprint density at radius 1 is 1.50 bits per heavy atom. The molecule has 3 heteroatoms. The first-order valence-electron chi connectivity index (χ1n) is 2.40. The van der Waals surface area contributed by atoms with Crippen molar-refractivity contribution in [2.75, 3.05) is 26.2 Å². The SMILES string of the molecule is C[P+](C)(C)CC(=O)Br. The second-order valence-electron chi connectivity index (χ2n) is 2.80. The molecule has 0 fully saturated rings. The van der Waals surface area contributed by atoms with Crippen LogP contribution < -0.4 is 0 Å². The van der Waals surface area contributed by atoms with E-state index in [1.165, 1.54) is 0 Å². The maximum Gasteiger partial charge on any atom is 0.234 e. The summed E-state index contributed by atoms with van der Waals surface area (Å²) in [5.74, 6) is 0. The minimum absolute atomic E-state index is 0.137. The van der Waals surface area contributed by atoms with Gasteiger partial charge in [0.15, 0.2) is 0 Å². The Hall–Kier alpha value is 0.580. The minimum atomic E-state index is -0.868. The molecule has 0 amide bonds. The predicted molar refractivity (Wildman–Crippen MR) is 43.5 cm³/mol. The molecule has 0 atom stereocenters. The third-order valence-corrected chi connectivity index (χ3v) is 2.55. The van der Waals surface area contributed by atoms with Crippen LogP contribution in [-0.2, 0) is 4.79 Å². The molecule has 0 aromatic heterocycles. The molecule has 0 aromatic carbocycles. The number of halogens is 1. The van der Waals surface area contributed by atoms with Crippen LogP contribution in [0.2, 0.25) is 0 Å². The normalized spacial score (nSPS) is 11.5. The van der Waals surface area contributed by atoms with E-state index in [9.17, 15) is 4.79 Å². The van der Waals surface area contributed by atoms with E-state index in [1.54, 1.807) is 0 Å². The molecule has 0 radical (unpaired) electrons. The summed E-state index contributed by atoms with van der Waals surface area (Å²) in [7, 11) is -0.868. The van der Waals surface area contributed by atoms with Gasteiger partial charge < -0.3 is 0 Å². The first-order chi connectivity index (χ1) is 3.42. The number of carbonyl (C=O) groups is 1. The van der Waals surface area contributed by atoms with Crippen molar-refractivity contribution in [1.29, 1.82) is 0 Å². The van der Waals surface area contributed by atoms with E-state index < -0.39 is 7.26 Å². The van der Waals surface area contributed by atoms with Crippen molar-refractivity contribution in [2.24, 2.45) is 0 Å². The fourth-order valence-electron chi connectivity index (χ4n) is 0.373. The molecule has 0 aliphatic rings. The van der Waals surface area contributed by atoms with E-state index in [0.29, 0.717) is 6.16 Å². The van der Waals surface area contributed by atoms with Crippen molar-refractivity contribution >= 4 is 27.9 Å². The van der Waals surface area contributed by atoms with Gasteiger partial charge in [0, 0.05) is 27.3 Å². The Balaban J connectivity index is 3.55.